The number of carbonyl (C=O) groups excluding carboxylic acids is 1. The lowest BCUT2D eigenvalue weighted by molar-refractivity contribution is -0.123. The Morgan fingerprint density at radius 1 is 1.27 bits per heavy atom. The average Bonchev–Trinajstić information content (AvgIpc) is 2.23. The van der Waals surface area contributed by atoms with Crippen LogP contribution in [-0.4, -0.2) is 59.1 Å². The Balaban J connectivity index is 3.30. The van der Waals surface area contributed by atoms with Crippen LogP contribution in [0.2, 0.25) is 0 Å². The number of hydrogen-bond donors (Lipinski definition) is 2. The molecule has 0 spiro atoms. The second-order valence-electron chi connectivity index (χ2n) is 2.96. The molecule has 0 aromatic rings. The second kappa shape index (κ2) is 9.85. The van der Waals surface area contributed by atoms with E-state index in [1.807, 2.05) is 0 Å². The Kier molecular flexibility index (Phi) is 9.40. The number of amides is 1. The van der Waals surface area contributed by atoms with Crippen LogP contribution in [-0.2, 0) is 19.0 Å². The van der Waals surface area contributed by atoms with E-state index in [1.165, 1.54) is 7.11 Å². The molecule has 0 heterocycles. The number of ether oxygens (including phenoxy) is 3. The van der Waals surface area contributed by atoms with Gasteiger partial charge in [-0.1, -0.05) is 0 Å². The average molecular weight is 220 g/mol. The van der Waals surface area contributed by atoms with Crippen molar-refractivity contribution in [2.75, 3.05) is 47.2 Å². The standard InChI is InChI=1S/C9H20N2O4/c1-13-5-6-15-4-3-11-9(12)8(10)7-14-2/h8H,3-7,10H2,1-2H3,(H,11,12). The van der Waals surface area contributed by atoms with Gasteiger partial charge in [-0.15, -0.1) is 0 Å². The number of rotatable bonds is 9. The van der Waals surface area contributed by atoms with Crippen LogP contribution in [0.4, 0.5) is 0 Å². The summed E-state index contributed by atoms with van der Waals surface area (Å²) in [6.07, 6.45) is 0. The Bertz CT molecular complexity index is 166. The van der Waals surface area contributed by atoms with E-state index in [9.17, 15) is 4.79 Å². The molecule has 1 atom stereocenters. The molecular formula is C9H20N2O4. The molecular weight excluding hydrogens is 200 g/mol. The normalized spacial score (nSPS) is 12.5. The van der Waals surface area contributed by atoms with Crippen LogP contribution in [0.5, 0.6) is 0 Å². The van der Waals surface area contributed by atoms with Crippen molar-refractivity contribution in [2.45, 2.75) is 6.04 Å². The molecule has 0 aliphatic carbocycles. The first-order chi connectivity index (χ1) is 7.22. The molecule has 0 saturated heterocycles. The number of nitrogens with one attached hydrogen (secondary N) is 1. The molecule has 0 aromatic heterocycles. The van der Waals surface area contributed by atoms with Crippen molar-refractivity contribution in [1.29, 1.82) is 0 Å². The number of carbonyl (C=O) groups is 1. The van der Waals surface area contributed by atoms with Gasteiger partial charge in [-0.3, -0.25) is 4.79 Å². The fraction of sp³-hybridized carbons (Fsp3) is 0.889. The summed E-state index contributed by atoms with van der Waals surface area (Å²) in [7, 11) is 3.11. The minimum Gasteiger partial charge on any atom is -0.383 e. The first-order valence-corrected chi connectivity index (χ1v) is 4.81. The highest BCUT2D eigenvalue weighted by Gasteiger charge is 2.11. The minimum absolute atomic E-state index is 0.219. The molecule has 1 amide bonds. The van der Waals surface area contributed by atoms with Crippen LogP contribution >= 0.6 is 0 Å². The highest BCUT2D eigenvalue weighted by atomic mass is 16.5. The summed E-state index contributed by atoms with van der Waals surface area (Å²) in [6.45, 7) is 2.19. The summed E-state index contributed by atoms with van der Waals surface area (Å²) < 4.78 is 14.7. The maximum Gasteiger partial charge on any atom is 0.239 e. The highest BCUT2D eigenvalue weighted by Crippen LogP contribution is 1.81. The summed E-state index contributed by atoms with van der Waals surface area (Å²) in [6, 6.07) is -0.617. The first-order valence-electron chi connectivity index (χ1n) is 4.81. The molecule has 0 radical (unpaired) electrons. The Hall–Kier alpha value is -0.690. The van der Waals surface area contributed by atoms with E-state index in [1.54, 1.807) is 7.11 Å². The van der Waals surface area contributed by atoms with Gasteiger partial charge in [0.15, 0.2) is 0 Å². The molecule has 0 saturated carbocycles. The van der Waals surface area contributed by atoms with Crippen LogP contribution in [0.25, 0.3) is 0 Å². The van der Waals surface area contributed by atoms with E-state index in [0.29, 0.717) is 26.4 Å². The topological polar surface area (TPSA) is 82.8 Å². The highest BCUT2D eigenvalue weighted by molar-refractivity contribution is 5.81. The molecule has 0 fully saturated rings. The van der Waals surface area contributed by atoms with Gasteiger partial charge in [0.25, 0.3) is 0 Å². The van der Waals surface area contributed by atoms with Crippen molar-refractivity contribution in [3.63, 3.8) is 0 Å². The molecule has 1 unspecified atom stereocenters. The maximum atomic E-state index is 11.2. The number of methoxy groups -OCH3 is 2. The molecule has 6 nitrogen and oxygen atoms in total. The van der Waals surface area contributed by atoms with Crippen LogP contribution in [0.15, 0.2) is 0 Å². The van der Waals surface area contributed by atoms with Crippen molar-refractivity contribution >= 4 is 5.91 Å². The fourth-order valence-electron chi connectivity index (χ4n) is 0.877. The van der Waals surface area contributed by atoms with Crippen molar-refractivity contribution in [3.05, 3.63) is 0 Å². The molecule has 0 aliphatic heterocycles. The van der Waals surface area contributed by atoms with Crippen LogP contribution in [0.3, 0.4) is 0 Å². The third-order valence-electron chi connectivity index (χ3n) is 1.66. The lowest BCUT2D eigenvalue weighted by Gasteiger charge is -2.11. The number of hydrogen-bond acceptors (Lipinski definition) is 5. The van der Waals surface area contributed by atoms with Crippen molar-refractivity contribution < 1.29 is 19.0 Å². The van der Waals surface area contributed by atoms with Crippen LogP contribution < -0.4 is 11.1 Å². The molecule has 0 rings (SSSR count). The molecule has 0 aliphatic rings. The quantitative estimate of drug-likeness (QED) is 0.474. The summed E-state index contributed by atoms with van der Waals surface area (Å²) in [5.41, 5.74) is 5.49. The van der Waals surface area contributed by atoms with Crippen LogP contribution in [0, 0.1) is 0 Å². The largest absolute Gasteiger partial charge is 0.383 e. The molecule has 15 heavy (non-hydrogen) atoms. The summed E-state index contributed by atoms with van der Waals surface area (Å²) >= 11 is 0. The van der Waals surface area contributed by atoms with E-state index in [0.717, 1.165) is 0 Å². The molecule has 90 valence electrons. The van der Waals surface area contributed by atoms with Gasteiger partial charge in [-0.25, -0.2) is 0 Å². The molecule has 0 bridgehead atoms. The molecule has 6 heteroatoms. The third-order valence-corrected chi connectivity index (χ3v) is 1.66. The SMILES string of the molecule is COCCOCCNC(=O)C(N)COC. The van der Waals surface area contributed by atoms with Gasteiger partial charge in [0.05, 0.1) is 26.4 Å². The Morgan fingerprint density at radius 2 is 2.00 bits per heavy atom. The monoisotopic (exact) mass is 220 g/mol. The lowest BCUT2D eigenvalue weighted by Crippen LogP contribution is -2.44. The van der Waals surface area contributed by atoms with Crippen molar-refractivity contribution in [2.24, 2.45) is 5.73 Å². The first kappa shape index (κ1) is 14.3. The lowest BCUT2D eigenvalue weighted by atomic mass is 10.3. The van der Waals surface area contributed by atoms with E-state index >= 15 is 0 Å². The van der Waals surface area contributed by atoms with E-state index in [4.69, 9.17) is 19.9 Å². The van der Waals surface area contributed by atoms with Crippen LogP contribution in [0.1, 0.15) is 0 Å². The molecule has 3 N–H and O–H groups in total. The Labute approximate surface area is 90.1 Å². The smallest absolute Gasteiger partial charge is 0.239 e. The van der Waals surface area contributed by atoms with Crippen molar-refractivity contribution in [3.8, 4) is 0 Å². The second-order valence-corrected chi connectivity index (χ2v) is 2.96. The summed E-state index contributed by atoms with van der Waals surface area (Å²) in [5.74, 6) is -0.229. The fourth-order valence-corrected chi connectivity index (χ4v) is 0.877. The zero-order chi connectivity index (χ0) is 11.5. The summed E-state index contributed by atoms with van der Waals surface area (Å²) in [4.78, 5) is 11.2. The van der Waals surface area contributed by atoms with Gasteiger partial charge in [0.1, 0.15) is 6.04 Å². The van der Waals surface area contributed by atoms with E-state index in [-0.39, 0.29) is 12.5 Å². The third kappa shape index (κ3) is 8.31. The zero-order valence-corrected chi connectivity index (χ0v) is 9.32. The zero-order valence-electron chi connectivity index (χ0n) is 9.32. The van der Waals surface area contributed by atoms with Gasteiger partial charge in [0.2, 0.25) is 5.91 Å². The van der Waals surface area contributed by atoms with E-state index < -0.39 is 6.04 Å². The molecule has 0 aromatic carbocycles. The Morgan fingerprint density at radius 3 is 2.60 bits per heavy atom. The number of nitrogens with two attached hydrogens (primary N) is 1. The van der Waals surface area contributed by atoms with Gasteiger partial charge >= 0.3 is 0 Å². The van der Waals surface area contributed by atoms with Gasteiger partial charge in [-0.2, -0.15) is 0 Å². The summed E-state index contributed by atoms with van der Waals surface area (Å²) in [5, 5.41) is 2.63. The minimum atomic E-state index is -0.617. The predicted octanol–water partition coefficient (Wildman–Crippen LogP) is -1.26. The van der Waals surface area contributed by atoms with Gasteiger partial charge in [0, 0.05) is 20.8 Å². The van der Waals surface area contributed by atoms with Gasteiger partial charge < -0.3 is 25.3 Å². The maximum absolute atomic E-state index is 11.2. The van der Waals surface area contributed by atoms with Gasteiger partial charge in [-0.05, 0) is 0 Å². The van der Waals surface area contributed by atoms with E-state index in [2.05, 4.69) is 5.32 Å². The predicted molar refractivity (Wildman–Crippen MR) is 55.6 cm³/mol. The van der Waals surface area contributed by atoms with Crippen molar-refractivity contribution in [1.82, 2.24) is 5.32 Å².